The molecule has 0 aromatic carbocycles. The second-order valence-electron chi connectivity index (χ2n) is 6.03. The molecule has 2 nitrogen and oxygen atoms in total. The van der Waals surface area contributed by atoms with Crippen LogP contribution in [-0.4, -0.2) is 10.6 Å². The molecule has 2 heteroatoms. The van der Waals surface area contributed by atoms with Gasteiger partial charge in [0.25, 0.3) is 0 Å². The molecule has 0 bridgehead atoms. The quantitative estimate of drug-likeness (QED) is 0.838. The molecule has 1 aromatic heterocycles. The van der Waals surface area contributed by atoms with Crippen LogP contribution in [0.4, 0.5) is 0 Å². The molecule has 1 fully saturated rings. The van der Waals surface area contributed by atoms with E-state index in [1.165, 1.54) is 31.2 Å². The van der Waals surface area contributed by atoms with Crippen LogP contribution >= 0.6 is 0 Å². The standard InChI is InChI=1S/C16H28N2/c1-4-18-10-9-14(12-18)11-17-16-8-6-5-7-15(16)13(2)3/h9-10,12-13,15-17H,4-8,11H2,1-3H3. The molecule has 1 saturated carbocycles. The Morgan fingerprint density at radius 2 is 2.11 bits per heavy atom. The minimum absolute atomic E-state index is 0.726. The lowest BCUT2D eigenvalue weighted by Gasteiger charge is -2.35. The highest BCUT2D eigenvalue weighted by Gasteiger charge is 2.26. The van der Waals surface area contributed by atoms with Crippen molar-refractivity contribution in [1.82, 2.24) is 9.88 Å². The van der Waals surface area contributed by atoms with Gasteiger partial charge in [0.2, 0.25) is 0 Å². The molecule has 0 radical (unpaired) electrons. The lowest BCUT2D eigenvalue weighted by Crippen LogP contribution is -2.40. The summed E-state index contributed by atoms with van der Waals surface area (Å²) in [6.07, 6.45) is 10.0. The molecule has 0 saturated heterocycles. The largest absolute Gasteiger partial charge is 0.354 e. The fourth-order valence-corrected chi connectivity index (χ4v) is 3.25. The van der Waals surface area contributed by atoms with Crippen LogP contribution in [0.1, 0.15) is 52.0 Å². The first-order valence-electron chi connectivity index (χ1n) is 7.58. The molecular formula is C16H28N2. The van der Waals surface area contributed by atoms with Gasteiger partial charge in [0, 0.05) is 31.5 Å². The Bertz CT molecular complexity index is 354. The molecule has 0 spiro atoms. The first-order chi connectivity index (χ1) is 8.70. The van der Waals surface area contributed by atoms with Crippen molar-refractivity contribution in [3.63, 3.8) is 0 Å². The van der Waals surface area contributed by atoms with Crippen molar-refractivity contribution in [2.45, 2.75) is 65.6 Å². The summed E-state index contributed by atoms with van der Waals surface area (Å²) in [6, 6.07) is 2.97. The van der Waals surface area contributed by atoms with Crippen LogP contribution in [0.15, 0.2) is 18.5 Å². The average Bonchev–Trinajstić information content (AvgIpc) is 2.84. The number of hydrogen-bond acceptors (Lipinski definition) is 1. The highest BCUT2D eigenvalue weighted by atomic mass is 15.0. The van der Waals surface area contributed by atoms with Crippen molar-refractivity contribution >= 4 is 0 Å². The zero-order valence-electron chi connectivity index (χ0n) is 12.2. The van der Waals surface area contributed by atoms with E-state index in [0.717, 1.165) is 31.0 Å². The Hall–Kier alpha value is -0.760. The monoisotopic (exact) mass is 248 g/mol. The summed E-state index contributed by atoms with van der Waals surface area (Å²) in [7, 11) is 0. The number of hydrogen-bond donors (Lipinski definition) is 1. The smallest absolute Gasteiger partial charge is 0.0223 e. The maximum atomic E-state index is 3.79. The van der Waals surface area contributed by atoms with Crippen molar-refractivity contribution in [2.75, 3.05) is 0 Å². The molecule has 1 heterocycles. The lowest BCUT2D eigenvalue weighted by molar-refractivity contribution is 0.204. The molecule has 2 rings (SSSR count). The van der Waals surface area contributed by atoms with Gasteiger partial charge in [-0.25, -0.2) is 0 Å². The van der Waals surface area contributed by atoms with E-state index < -0.39 is 0 Å². The zero-order valence-corrected chi connectivity index (χ0v) is 12.2. The summed E-state index contributed by atoms with van der Waals surface area (Å²) in [4.78, 5) is 0. The van der Waals surface area contributed by atoms with Crippen molar-refractivity contribution in [3.05, 3.63) is 24.0 Å². The predicted octanol–water partition coefficient (Wildman–Crippen LogP) is 3.81. The van der Waals surface area contributed by atoms with E-state index in [2.05, 4.69) is 49.1 Å². The fourth-order valence-electron chi connectivity index (χ4n) is 3.25. The summed E-state index contributed by atoms with van der Waals surface area (Å²) in [5.41, 5.74) is 1.42. The van der Waals surface area contributed by atoms with Crippen LogP contribution in [0.2, 0.25) is 0 Å². The van der Waals surface area contributed by atoms with Gasteiger partial charge in [-0.05, 0) is 43.2 Å². The molecule has 18 heavy (non-hydrogen) atoms. The highest BCUT2D eigenvalue weighted by Crippen LogP contribution is 2.30. The van der Waals surface area contributed by atoms with Crippen LogP contribution in [0.25, 0.3) is 0 Å². The summed E-state index contributed by atoms with van der Waals surface area (Å²) in [5.74, 6) is 1.68. The summed E-state index contributed by atoms with van der Waals surface area (Å²) >= 11 is 0. The minimum Gasteiger partial charge on any atom is -0.354 e. The third-order valence-electron chi connectivity index (χ3n) is 4.42. The van der Waals surface area contributed by atoms with Crippen LogP contribution in [-0.2, 0) is 13.1 Å². The highest BCUT2D eigenvalue weighted by molar-refractivity contribution is 5.10. The van der Waals surface area contributed by atoms with Crippen molar-refractivity contribution in [3.8, 4) is 0 Å². The van der Waals surface area contributed by atoms with Crippen molar-refractivity contribution < 1.29 is 0 Å². The van der Waals surface area contributed by atoms with E-state index in [9.17, 15) is 0 Å². The van der Waals surface area contributed by atoms with Crippen LogP contribution < -0.4 is 5.32 Å². The second-order valence-corrected chi connectivity index (χ2v) is 6.03. The number of nitrogens with one attached hydrogen (secondary N) is 1. The van der Waals surface area contributed by atoms with E-state index in [1.807, 2.05) is 0 Å². The SMILES string of the molecule is CCn1ccc(CNC2CCCCC2C(C)C)c1. The van der Waals surface area contributed by atoms with Gasteiger partial charge in [0.15, 0.2) is 0 Å². The van der Waals surface area contributed by atoms with E-state index in [-0.39, 0.29) is 0 Å². The first kappa shape index (κ1) is 13.7. The molecule has 0 aliphatic heterocycles. The molecule has 102 valence electrons. The minimum atomic E-state index is 0.726. The second kappa shape index (κ2) is 6.42. The van der Waals surface area contributed by atoms with E-state index in [0.29, 0.717) is 0 Å². The van der Waals surface area contributed by atoms with Crippen molar-refractivity contribution in [2.24, 2.45) is 11.8 Å². The van der Waals surface area contributed by atoms with E-state index in [4.69, 9.17) is 0 Å². The lowest BCUT2D eigenvalue weighted by atomic mass is 9.78. The number of nitrogens with zero attached hydrogens (tertiary/aromatic N) is 1. The Kier molecular flexibility index (Phi) is 4.87. The number of aryl methyl sites for hydroxylation is 1. The molecule has 2 unspecified atom stereocenters. The van der Waals surface area contributed by atoms with Gasteiger partial charge >= 0.3 is 0 Å². The Morgan fingerprint density at radius 1 is 1.33 bits per heavy atom. The van der Waals surface area contributed by atoms with Gasteiger partial charge in [-0.15, -0.1) is 0 Å². The number of aromatic nitrogens is 1. The molecule has 1 aliphatic carbocycles. The first-order valence-corrected chi connectivity index (χ1v) is 7.58. The van der Waals surface area contributed by atoms with Crippen LogP contribution in [0.5, 0.6) is 0 Å². The van der Waals surface area contributed by atoms with Crippen molar-refractivity contribution in [1.29, 1.82) is 0 Å². The molecule has 0 amide bonds. The van der Waals surface area contributed by atoms with Gasteiger partial charge in [0.05, 0.1) is 0 Å². The topological polar surface area (TPSA) is 17.0 Å². The number of rotatable bonds is 5. The molecule has 2 atom stereocenters. The fraction of sp³-hybridized carbons (Fsp3) is 0.750. The van der Waals surface area contributed by atoms with Gasteiger partial charge in [-0.1, -0.05) is 26.7 Å². The van der Waals surface area contributed by atoms with Gasteiger partial charge < -0.3 is 9.88 Å². The Labute approximate surface area is 112 Å². The third-order valence-corrected chi connectivity index (χ3v) is 4.42. The van der Waals surface area contributed by atoms with Gasteiger partial charge in [-0.3, -0.25) is 0 Å². The molecular weight excluding hydrogens is 220 g/mol. The molecule has 1 aromatic rings. The predicted molar refractivity (Wildman–Crippen MR) is 77.5 cm³/mol. The molecule has 1 N–H and O–H groups in total. The molecule has 1 aliphatic rings. The van der Waals surface area contributed by atoms with Gasteiger partial charge in [0.1, 0.15) is 0 Å². The van der Waals surface area contributed by atoms with Crippen LogP contribution in [0, 0.1) is 11.8 Å². The summed E-state index contributed by atoms with van der Waals surface area (Å²) in [5, 5.41) is 3.79. The van der Waals surface area contributed by atoms with E-state index >= 15 is 0 Å². The van der Waals surface area contributed by atoms with E-state index in [1.54, 1.807) is 0 Å². The normalized spacial score (nSPS) is 24.7. The summed E-state index contributed by atoms with van der Waals surface area (Å²) < 4.78 is 2.25. The van der Waals surface area contributed by atoms with Gasteiger partial charge in [-0.2, -0.15) is 0 Å². The third kappa shape index (κ3) is 3.38. The maximum Gasteiger partial charge on any atom is 0.0223 e. The average molecular weight is 248 g/mol. The Balaban J connectivity index is 1.87. The Morgan fingerprint density at radius 3 is 2.78 bits per heavy atom. The maximum absolute atomic E-state index is 3.79. The summed E-state index contributed by atoms with van der Waals surface area (Å²) in [6.45, 7) is 9.03. The van der Waals surface area contributed by atoms with Crippen LogP contribution in [0.3, 0.4) is 0 Å². The zero-order chi connectivity index (χ0) is 13.0.